The fourth-order valence-corrected chi connectivity index (χ4v) is 5.68. The molecule has 5 rings (SSSR count). The molecule has 144 valence electrons. The Kier molecular flexibility index (Phi) is 4.53. The molecule has 3 atom stereocenters. The van der Waals surface area contributed by atoms with Crippen molar-refractivity contribution in [3.8, 4) is 0 Å². The second-order valence-corrected chi connectivity index (χ2v) is 9.21. The highest BCUT2D eigenvalue weighted by Crippen LogP contribution is 2.33. The Labute approximate surface area is 164 Å². The van der Waals surface area contributed by atoms with Gasteiger partial charge in [-0.05, 0) is 38.4 Å². The van der Waals surface area contributed by atoms with Crippen molar-refractivity contribution >= 4 is 33.0 Å². The van der Waals surface area contributed by atoms with Crippen LogP contribution in [0.5, 0.6) is 0 Å². The number of likely N-dealkylation sites (N-methyl/N-ethyl adjacent to an activating group) is 1. The number of aromatic nitrogens is 1. The standard InChI is InChI=1S/C20H27N5OS/c1-23-4-6-25(7-5-23)18-13-27-19-10-21-17(9-16(18)19)20(26)22-15-8-14-2-3-24(11-14)12-15/h9-10,13-15H,2-8,11-12H2,1H3,(H,22,26). The van der Waals surface area contributed by atoms with E-state index in [9.17, 15) is 4.79 Å². The Morgan fingerprint density at radius 1 is 1.22 bits per heavy atom. The topological polar surface area (TPSA) is 51.7 Å². The summed E-state index contributed by atoms with van der Waals surface area (Å²) in [7, 11) is 2.17. The Morgan fingerprint density at radius 2 is 2.07 bits per heavy atom. The number of piperidine rings is 1. The van der Waals surface area contributed by atoms with E-state index in [2.05, 4.69) is 37.4 Å². The molecule has 2 aromatic rings. The number of rotatable bonds is 3. The van der Waals surface area contributed by atoms with Crippen molar-refractivity contribution in [2.24, 2.45) is 5.92 Å². The maximum atomic E-state index is 12.8. The maximum Gasteiger partial charge on any atom is 0.270 e. The molecular weight excluding hydrogens is 358 g/mol. The minimum Gasteiger partial charge on any atom is -0.368 e. The zero-order chi connectivity index (χ0) is 18.4. The van der Waals surface area contributed by atoms with Crippen LogP contribution < -0.4 is 10.2 Å². The third kappa shape index (κ3) is 3.44. The van der Waals surface area contributed by atoms with Crippen LogP contribution in [0, 0.1) is 5.92 Å². The number of thiophene rings is 1. The first-order chi connectivity index (χ1) is 13.2. The predicted molar refractivity (Wildman–Crippen MR) is 110 cm³/mol. The number of nitrogens with one attached hydrogen (secondary N) is 1. The summed E-state index contributed by atoms with van der Waals surface area (Å²) in [5.74, 6) is 0.722. The van der Waals surface area contributed by atoms with E-state index in [-0.39, 0.29) is 11.9 Å². The SMILES string of the molecule is CN1CCN(c2csc3cnc(C(=O)NC4CC5CCN(C5)C4)cc23)CC1. The van der Waals surface area contributed by atoms with E-state index < -0.39 is 0 Å². The number of piperazine rings is 1. The van der Waals surface area contributed by atoms with Gasteiger partial charge in [-0.2, -0.15) is 0 Å². The summed E-state index contributed by atoms with van der Waals surface area (Å²) < 4.78 is 1.15. The van der Waals surface area contributed by atoms with Crippen LogP contribution in [0.2, 0.25) is 0 Å². The molecule has 6 nitrogen and oxygen atoms in total. The number of anilines is 1. The summed E-state index contributed by atoms with van der Waals surface area (Å²) in [6.07, 6.45) is 4.25. The largest absolute Gasteiger partial charge is 0.368 e. The number of pyridine rings is 1. The van der Waals surface area contributed by atoms with Crippen LogP contribution in [0.1, 0.15) is 23.3 Å². The molecule has 1 N–H and O–H groups in total. The number of carbonyl (C=O) groups excluding carboxylic acids is 1. The normalized spacial score (nSPS) is 28.6. The van der Waals surface area contributed by atoms with Gasteiger partial charge in [-0.3, -0.25) is 4.79 Å². The summed E-state index contributed by atoms with van der Waals surface area (Å²) in [6.45, 7) is 7.60. The second-order valence-electron chi connectivity index (χ2n) is 8.30. The van der Waals surface area contributed by atoms with E-state index in [1.807, 2.05) is 12.3 Å². The summed E-state index contributed by atoms with van der Waals surface area (Å²) in [4.78, 5) is 24.6. The van der Waals surface area contributed by atoms with Gasteiger partial charge >= 0.3 is 0 Å². The molecule has 0 spiro atoms. The molecule has 3 aliphatic heterocycles. The van der Waals surface area contributed by atoms with Gasteiger partial charge in [0.25, 0.3) is 5.91 Å². The van der Waals surface area contributed by atoms with Crippen LogP contribution in [0.15, 0.2) is 17.6 Å². The fraction of sp³-hybridized carbons (Fsp3) is 0.600. The molecular formula is C20H27N5OS. The lowest BCUT2D eigenvalue weighted by molar-refractivity contribution is 0.0904. The monoisotopic (exact) mass is 385 g/mol. The third-order valence-corrected chi connectivity index (χ3v) is 7.24. The van der Waals surface area contributed by atoms with Gasteiger partial charge in [0.1, 0.15) is 5.69 Å². The highest BCUT2D eigenvalue weighted by molar-refractivity contribution is 7.17. The van der Waals surface area contributed by atoms with Crippen LogP contribution in [-0.4, -0.2) is 79.6 Å². The van der Waals surface area contributed by atoms with Gasteiger partial charge in [0.05, 0.1) is 10.4 Å². The van der Waals surface area contributed by atoms with Crippen molar-refractivity contribution in [1.29, 1.82) is 0 Å². The van der Waals surface area contributed by atoms with Crippen molar-refractivity contribution in [3.05, 3.63) is 23.3 Å². The molecule has 3 fully saturated rings. The molecule has 0 radical (unpaired) electrons. The van der Waals surface area contributed by atoms with E-state index in [0.717, 1.165) is 55.1 Å². The first kappa shape index (κ1) is 17.4. The molecule has 27 heavy (non-hydrogen) atoms. The first-order valence-electron chi connectivity index (χ1n) is 9.99. The zero-order valence-corrected chi connectivity index (χ0v) is 16.7. The second kappa shape index (κ2) is 7.04. The molecule has 1 amide bonds. The number of amides is 1. The van der Waals surface area contributed by atoms with Crippen LogP contribution in [-0.2, 0) is 0 Å². The molecule has 3 aliphatic rings. The van der Waals surface area contributed by atoms with Crippen LogP contribution >= 0.6 is 11.3 Å². The lowest BCUT2D eigenvalue weighted by Crippen LogP contribution is -2.47. The average molecular weight is 386 g/mol. The van der Waals surface area contributed by atoms with Gasteiger partial charge in [-0.1, -0.05) is 0 Å². The summed E-state index contributed by atoms with van der Waals surface area (Å²) >= 11 is 1.72. The molecule has 0 aromatic carbocycles. The predicted octanol–water partition coefficient (Wildman–Crippen LogP) is 1.87. The minimum absolute atomic E-state index is 0.0278. The quantitative estimate of drug-likeness (QED) is 0.874. The van der Waals surface area contributed by atoms with Crippen molar-refractivity contribution < 1.29 is 4.79 Å². The Morgan fingerprint density at radius 3 is 2.89 bits per heavy atom. The number of carbonyl (C=O) groups is 1. The van der Waals surface area contributed by atoms with E-state index >= 15 is 0 Å². The number of hydrogen-bond donors (Lipinski definition) is 1. The van der Waals surface area contributed by atoms with E-state index in [4.69, 9.17) is 0 Å². The van der Waals surface area contributed by atoms with Crippen molar-refractivity contribution in [1.82, 2.24) is 20.1 Å². The van der Waals surface area contributed by atoms with Crippen molar-refractivity contribution in [2.45, 2.75) is 18.9 Å². The summed E-state index contributed by atoms with van der Waals surface area (Å²) in [5, 5.41) is 6.62. The molecule has 2 aromatic heterocycles. The summed E-state index contributed by atoms with van der Waals surface area (Å²) in [5.41, 5.74) is 1.80. The van der Waals surface area contributed by atoms with Gasteiger partial charge in [0.2, 0.25) is 0 Å². The number of fused-ring (bicyclic) bond motifs is 3. The Balaban J connectivity index is 1.34. The third-order valence-electron chi connectivity index (χ3n) is 6.32. The highest BCUT2D eigenvalue weighted by Gasteiger charge is 2.33. The van der Waals surface area contributed by atoms with Gasteiger partial charge < -0.3 is 20.0 Å². The van der Waals surface area contributed by atoms with Gasteiger partial charge in [-0.25, -0.2) is 4.98 Å². The zero-order valence-electron chi connectivity index (χ0n) is 15.9. The van der Waals surface area contributed by atoms with Crippen molar-refractivity contribution in [2.75, 3.05) is 57.8 Å². The maximum absolute atomic E-state index is 12.8. The average Bonchev–Trinajstić information content (AvgIpc) is 3.24. The summed E-state index contributed by atoms with van der Waals surface area (Å²) in [6, 6.07) is 2.25. The van der Waals surface area contributed by atoms with Gasteiger partial charge in [0.15, 0.2) is 0 Å². The highest BCUT2D eigenvalue weighted by atomic mass is 32.1. The molecule has 3 unspecified atom stereocenters. The number of nitrogens with zero attached hydrogens (tertiary/aromatic N) is 4. The van der Waals surface area contributed by atoms with E-state index in [1.165, 1.54) is 25.2 Å². The van der Waals surface area contributed by atoms with Crippen molar-refractivity contribution in [3.63, 3.8) is 0 Å². The Hall–Kier alpha value is -1.70. The van der Waals surface area contributed by atoms with Gasteiger partial charge in [0, 0.05) is 62.3 Å². The molecule has 3 saturated heterocycles. The lowest BCUT2D eigenvalue weighted by atomic mass is 9.97. The molecule has 0 saturated carbocycles. The molecule has 5 heterocycles. The van der Waals surface area contributed by atoms with Crippen LogP contribution in [0.4, 0.5) is 5.69 Å². The first-order valence-corrected chi connectivity index (χ1v) is 10.9. The molecule has 7 heteroatoms. The molecule has 2 bridgehead atoms. The molecule has 0 aliphatic carbocycles. The minimum atomic E-state index is -0.0278. The fourth-order valence-electron chi connectivity index (χ4n) is 4.76. The van der Waals surface area contributed by atoms with E-state index in [0.29, 0.717) is 5.69 Å². The smallest absolute Gasteiger partial charge is 0.270 e. The van der Waals surface area contributed by atoms with Gasteiger partial charge in [-0.15, -0.1) is 11.3 Å². The van der Waals surface area contributed by atoms with Crippen LogP contribution in [0.3, 0.4) is 0 Å². The number of hydrogen-bond acceptors (Lipinski definition) is 6. The van der Waals surface area contributed by atoms with E-state index in [1.54, 1.807) is 11.3 Å². The van der Waals surface area contributed by atoms with Crippen LogP contribution in [0.25, 0.3) is 10.1 Å². The Bertz CT molecular complexity index is 832. The lowest BCUT2D eigenvalue weighted by Gasteiger charge is -2.33.